The summed E-state index contributed by atoms with van der Waals surface area (Å²) >= 11 is 0. The highest BCUT2D eigenvalue weighted by Crippen LogP contribution is 2.12. The predicted molar refractivity (Wildman–Crippen MR) is 86.6 cm³/mol. The number of alkyl carbamates (subject to hydrolysis) is 1. The van der Waals surface area contributed by atoms with E-state index >= 15 is 0 Å². The molecule has 3 N–H and O–H groups in total. The van der Waals surface area contributed by atoms with E-state index in [-0.39, 0.29) is 12.0 Å². The zero-order chi connectivity index (χ0) is 16.8. The van der Waals surface area contributed by atoms with Crippen LogP contribution in [0.2, 0.25) is 0 Å². The molecule has 6 heteroatoms. The van der Waals surface area contributed by atoms with Crippen molar-refractivity contribution in [3.05, 3.63) is 0 Å². The van der Waals surface area contributed by atoms with Gasteiger partial charge >= 0.3 is 6.09 Å². The number of hydrogen-bond acceptors (Lipinski definition) is 4. The number of rotatable bonds is 6. The highest BCUT2D eigenvalue weighted by Gasteiger charge is 2.22. The molecule has 1 aliphatic heterocycles. The summed E-state index contributed by atoms with van der Waals surface area (Å²) in [7, 11) is 0. The second kappa shape index (κ2) is 8.36. The van der Waals surface area contributed by atoms with Crippen LogP contribution < -0.4 is 16.0 Å². The molecule has 0 aromatic rings. The summed E-state index contributed by atoms with van der Waals surface area (Å²) in [5, 5.41) is 9.20. The molecule has 0 radical (unpaired) electrons. The molecule has 1 rings (SSSR count). The van der Waals surface area contributed by atoms with Crippen LogP contribution in [0.1, 0.15) is 47.5 Å². The number of nitrogens with one attached hydrogen (secondary N) is 3. The Balaban J connectivity index is 2.33. The van der Waals surface area contributed by atoms with Crippen molar-refractivity contribution < 1.29 is 14.3 Å². The highest BCUT2D eigenvalue weighted by atomic mass is 16.6. The number of piperidine rings is 1. The van der Waals surface area contributed by atoms with E-state index in [9.17, 15) is 9.59 Å². The summed E-state index contributed by atoms with van der Waals surface area (Å²) in [4.78, 5) is 22.9. The van der Waals surface area contributed by atoms with Crippen LogP contribution in [-0.4, -0.2) is 43.3 Å². The van der Waals surface area contributed by atoms with E-state index in [1.54, 1.807) is 0 Å². The smallest absolute Gasteiger partial charge is 0.407 e. The third kappa shape index (κ3) is 7.64. The van der Waals surface area contributed by atoms with Crippen molar-refractivity contribution in [3.63, 3.8) is 0 Å². The first kappa shape index (κ1) is 18.7. The minimum atomic E-state index is -0.476. The van der Waals surface area contributed by atoms with Gasteiger partial charge in [-0.3, -0.25) is 4.79 Å². The second-order valence-electron chi connectivity index (χ2n) is 7.33. The molecule has 0 aromatic heterocycles. The minimum absolute atomic E-state index is 0.130. The monoisotopic (exact) mass is 313 g/mol. The Hall–Kier alpha value is -1.30. The Morgan fingerprint density at radius 3 is 2.55 bits per heavy atom. The van der Waals surface area contributed by atoms with Crippen molar-refractivity contribution in [2.45, 2.75) is 59.1 Å². The van der Waals surface area contributed by atoms with Gasteiger partial charge in [-0.25, -0.2) is 4.79 Å². The van der Waals surface area contributed by atoms with Crippen molar-refractivity contribution in [2.24, 2.45) is 11.8 Å². The van der Waals surface area contributed by atoms with E-state index in [0.29, 0.717) is 37.4 Å². The molecule has 6 nitrogen and oxygen atoms in total. The van der Waals surface area contributed by atoms with Gasteiger partial charge in [0.2, 0.25) is 5.91 Å². The second-order valence-corrected chi connectivity index (χ2v) is 7.33. The molecule has 2 amide bonds. The van der Waals surface area contributed by atoms with E-state index < -0.39 is 5.60 Å². The topological polar surface area (TPSA) is 79.5 Å². The normalized spacial score (nSPS) is 20.5. The fraction of sp³-hybridized carbons (Fsp3) is 0.875. The molecule has 1 aliphatic rings. The first-order chi connectivity index (χ1) is 10.2. The third-order valence-corrected chi connectivity index (χ3v) is 3.78. The van der Waals surface area contributed by atoms with Gasteiger partial charge in [-0.2, -0.15) is 0 Å². The zero-order valence-electron chi connectivity index (χ0n) is 14.5. The molecule has 2 unspecified atom stereocenters. The molecule has 0 saturated carbocycles. The van der Waals surface area contributed by atoms with Crippen LogP contribution in [0.4, 0.5) is 4.79 Å². The van der Waals surface area contributed by atoms with Crippen LogP contribution >= 0.6 is 0 Å². The van der Waals surface area contributed by atoms with Crippen LogP contribution in [0.3, 0.4) is 0 Å². The van der Waals surface area contributed by atoms with E-state index in [4.69, 9.17) is 4.74 Å². The first-order valence-corrected chi connectivity index (χ1v) is 8.14. The van der Waals surface area contributed by atoms with Gasteiger partial charge in [0.25, 0.3) is 0 Å². The average molecular weight is 313 g/mol. The Kier molecular flexibility index (Phi) is 7.13. The lowest BCUT2D eigenvalue weighted by molar-refractivity contribution is -0.122. The molecule has 2 atom stereocenters. The number of amides is 2. The number of carbonyl (C=O) groups is 2. The lowest BCUT2D eigenvalue weighted by Crippen LogP contribution is -2.48. The molecule has 0 aromatic carbocycles. The molecule has 0 aliphatic carbocycles. The summed E-state index contributed by atoms with van der Waals surface area (Å²) in [6, 6.07) is 0.320. The third-order valence-electron chi connectivity index (χ3n) is 3.78. The van der Waals surface area contributed by atoms with Crippen LogP contribution in [0.25, 0.3) is 0 Å². The molecule has 1 saturated heterocycles. The minimum Gasteiger partial charge on any atom is -0.444 e. The van der Waals surface area contributed by atoms with Crippen LogP contribution in [-0.2, 0) is 9.53 Å². The van der Waals surface area contributed by atoms with Gasteiger partial charge in [-0.15, -0.1) is 0 Å². The summed E-state index contributed by atoms with van der Waals surface area (Å²) in [6.45, 7) is 11.9. The van der Waals surface area contributed by atoms with Crippen LogP contribution in [0, 0.1) is 11.8 Å². The molecular weight excluding hydrogens is 282 g/mol. The summed E-state index contributed by atoms with van der Waals surface area (Å²) in [6.07, 6.45) is 1.08. The van der Waals surface area contributed by atoms with Crippen molar-refractivity contribution in [1.82, 2.24) is 16.0 Å². The number of ether oxygens (including phenoxy) is 1. The van der Waals surface area contributed by atoms with Gasteiger partial charge in [-0.1, -0.05) is 13.8 Å². The van der Waals surface area contributed by atoms with Gasteiger partial charge in [0.05, 0.1) is 0 Å². The first-order valence-electron chi connectivity index (χ1n) is 8.14. The van der Waals surface area contributed by atoms with E-state index in [0.717, 1.165) is 13.0 Å². The van der Waals surface area contributed by atoms with Gasteiger partial charge < -0.3 is 20.7 Å². The van der Waals surface area contributed by atoms with Crippen molar-refractivity contribution in [2.75, 3.05) is 19.6 Å². The zero-order valence-corrected chi connectivity index (χ0v) is 14.5. The fourth-order valence-electron chi connectivity index (χ4n) is 2.30. The predicted octanol–water partition coefficient (Wildman–Crippen LogP) is 1.65. The molecule has 128 valence electrons. The lowest BCUT2D eigenvalue weighted by Gasteiger charge is -2.28. The maximum atomic E-state index is 11.7. The van der Waals surface area contributed by atoms with Crippen LogP contribution in [0.15, 0.2) is 0 Å². The van der Waals surface area contributed by atoms with Gasteiger partial charge in [0.1, 0.15) is 5.60 Å². The van der Waals surface area contributed by atoms with Crippen molar-refractivity contribution in [3.8, 4) is 0 Å². The van der Waals surface area contributed by atoms with Gasteiger partial charge in [-0.05, 0) is 39.0 Å². The van der Waals surface area contributed by atoms with Crippen molar-refractivity contribution in [1.29, 1.82) is 0 Å². The largest absolute Gasteiger partial charge is 0.444 e. The van der Waals surface area contributed by atoms with E-state index in [2.05, 4.69) is 29.8 Å². The SMILES string of the molecule is CC(C)C(CNC(=O)OC(C)(C)C)CNC1CCC(=O)NC1. The van der Waals surface area contributed by atoms with Crippen molar-refractivity contribution >= 4 is 12.0 Å². The Morgan fingerprint density at radius 1 is 1.36 bits per heavy atom. The summed E-state index contributed by atoms with van der Waals surface area (Å²) < 4.78 is 5.26. The Labute approximate surface area is 133 Å². The lowest BCUT2D eigenvalue weighted by atomic mass is 9.95. The Bertz CT molecular complexity index is 367. The molecular formula is C16H31N3O3. The quantitative estimate of drug-likeness (QED) is 0.696. The van der Waals surface area contributed by atoms with E-state index in [1.165, 1.54) is 0 Å². The van der Waals surface area contributed by atoms with Gasteiger partial charge in [0, 0.05) is 32.1 Å². The molecule has 1 fully saturated rings. The molecule has 0 spiro atoms. The molecule has 0 bridgehead atoms. The maximum absolute atomic E-state index is 11.7. The highest BCUT2D eigenvalue weighted by molar-refractivity contribution is 5.76. The average Bonchev–Trinajstić information content (AvgIpc) is 2.38. The summed E-state index contributed by atoms with van der Waals surface area (Å²) in [5.41, 5.74) is -0.476. The molecule has 22 heavy (non-hydrogen) atoms. The standard InChI is InChI=1S/C16H31N3O3/c1-11(2)12(9-19-15(21)22-16(3,4)5)8-17-13-6-7-14(20)18-10-13/h11-13,17H,6-10H2,1-5H3,(H,18,20)(H,19,21). The fourth-order valence-corrected chi connectivity index (χ4v) is 2.30. The maximum Gasteiger partial charge on any atom is 0.407 e. The number of carbonyl (C=O) groups excluding carboxylic acids is 2. The number of hydrogen-bond donors (Lipinski definition) is 3. The molecule has 1 heterocycles. The summed E-state index contributed by atoms with van der Waals surface area (Å²) in [5.74, 6) is 0.899. The van der Waals surface area contributed by atoms with Crippen LogP contribution in [0.5, 0.6) is 0 Å². The van der Waals surface area contributed by atoms with E-state index in [1.807, 2.05) is 20.8 Å². The Morgan fingerprint density at radius 2 is 2.05 bits per heavy atom. The van der Waals surface area contributed by atoms with Gasteiger partial charge in [0.15, 0.2) is 0 Å².